The number of morpholine rings is 1. The molecule has 0 atom stereocenters. The van der Waals surface area contributed by atoms with Gasteiger partial charge in [0.05, 0.1) is 13.2 Å². The van der Waals surface area contributed by atoms with E-state index in [0.29, 0.717) is 6.42 Å². The third kappa shape index (κ3) is 2.68. The van der Waals surface area contributed by atoms with E-state index >= 15 is 0 Å². The lowest BCUT2D eigenvalue weighted by Gasteiger charge is -2.29. The zero-order valence-electron chi connectivity index (χ0n) is 13.1. The summed E-state index contributed by atoms with van der Waals surface area (Å²) in [6.45, 7) is 5.39. The molecule has 5 nitrogen and oxygen atoms in total. The number of carboxylic acid groups (broad SMARTS) is 1. The largest absolute Gasteiger partial charge is 0.481 e. The van der Waals surface area contributed by atoms with Gasteiger partial charge in [-0.05, 0) is 37.1 Å². The van der Waals surface area contributed by atoms with Crippen LogP contribution in [0.25, 0.3) is 10.9 Å². The van der Waals surface area contributed by atoms with Crippen molar-refractivity contribution in [1.29, 1.82) is 0 Å². The predicted molar refractivity (Wildman–Crippen MR) is 86.6 cm³/mol. The number of rotatable bonds is 4. The number of aryl methyl sites for hydroxylation is 2. The first kappa shape index (κ1) is 14.9. The van der Waals surface area contributed by atoms with Crippen LogP contribution in [0.15, 0.2) is 18.2 Å². The molecule has 1 aliphatic heterocycles. The minimum absolute atomic E-state index is 0.168. The molecule has 1 aliphatic rings. The van der Waals surface area contributed by atoms with Crippen LogP contribution in [0.3, 0.4) is 0 Å². The molecule has 0 saturated carbocycles. The normalized spacial score (nSPS) is 15.5. The van der Waals surface area contributed by atoms with Gasteiger partial charge < -0.3 is 19.3 Å². The molecule has 22 heavy (non-hydrogen) atoms. The van der Waals surface area contributed by atoms with E-state index in [9.17, 15) is 4.79 Å². The summed E-state index contributed by atoms with van der Waals surface area (Å²) in [5.74, 6) is -0.749. The molecule has 0 amide bonds. The number of fused-ring (bicyclic) bond motifs is 1. The fourth-order valence-corrected chi connectivity index (χ4v) is 3.20. The summed E-state index contributed by atoms with van der Waals surface area (Å²) < 4.78 is 7.56. The van der Waals surface area contributed by atoms with E-state index in [2.05, 4.69) is 34.6 Å². The van der Waals surface area contributed by atoms with Crippen molar-refractivity contribution in [3.05, 3.63) is 29.5 Å². The Morgan fingerprint density at radius 1 is 1.32 bits per heavy atom. The van der Waals surface area contributed by atoms with Gasteiger partial charge >= 0.3 is 5.97 Å². The van der Waals surface area contributed by atoms with Gasteiger partial charge in [-0.25, -0.2) is 0 Å². The summed E-state index contributed by atoms with van der Waals surface area (Å²) in [6, 6.07) is 6.48. The number of benzene rings is 1. The highest BCUT2D eigenvalue weighted by atomic mass is 16.5. The molecule has 3 rings (SSSR count). The second-order valence-electron chi connectivity index (χ2n) is 5.82. The molecule has 0 unspecified atom stereocenters. The molecule has 0 spiro atoms. The number of ether oxygens (including phenoxy) is 1. The zero-order valence-corrected chi connectivity index (χ0v) is 13.1. The van der Waals surface area contributed by atoms with E-state index in [1.807, 2.05) is 7.05 Å². The minimum atomic E-state index is -0.749. The number of nitrogens with zero attached hydrogens (tertiary/aromatic N) is 2. The van der Waals surface area contributed by atoms with Crippen LogP contribution in [0.5, 0.6) is 0 Å². The predicted octanol–water partition coefficient (Wildman–Crippen LogP) is 2.34. The summed E-state index contributed by atoms with van der Waals surface area (Å²) in [7, 11) is 2.04. The number of hydrogen-bond acceptors (Lipinski definition) is 3. The third-order valence-corrected chi connectivity index (χ3v) is 4.57. The molecule has 0 aliphatic carbocycles. The lowest BCUT2D eigenvalue weighted by atomic mass is 10.0. The Morgan fingerprint density at radius 2 is 2.05 bits per heavy atom. The van der Waals surface area contributed by atoms with Crippen LogP contribution in [-0.2, 0) is 23.0 Å². The Bertz CT molecular complexity index is 699. The monoisotopic (exact) mass is 302 g/mol. The van der Waals surface area contributed by atoms with E-state index < -0.39 is 5.97 Å². The second-order valence-corrected chi connectivity index (χ2v) is 5.82. The van der Waals surface area contributed by atoms with E-state index in [-0.39, 0.29) is 6.42 Å². The van der Waals surface area contributed by atoms with Crippen molar-refractivity contribution in [2.75, 3.05) is 31.2 Å². The fourth-order valence-electron chi connectivity index (χ4n) is 3.20. The average Bonchev–Trinajstić information content (AvgIpc) is 2.77. The Hall–Kier alpha value is -2.01. The molecule has 1 aromatic heterocycles. The summed E-state index contributed by atoms with van der Waals surface area (Å²) in [5.41, 5.74) is 4.65. The number of carbonyl (C=O) groups is 1. The average molecular weight is 302 g/mol. The van der Waals surface area contributed by atoms with Crippen molar-refractivity contribution in [1.82, 2.24) is 4.57 Å². The highest BCUT2D eigenvalue weighted by Crippen LogP contribution is 2.30. The summed E-state index contributed by atoms with van der Waals surface area (Å²) in [6.07, 6.45) is 0.743. The Kier molecular flexibility index (Phi) is 4.07. The van der Waals surface area contributed by atoms with Crippen LogP contribution < -0.4 is 4.90 Å². The van der Waals surface area contributed by atoms with Gasteiger partial charge in [0.1, 0.15) is 0 Å². The smallest absolute Gasteiger partial charge is 0.303 e. The van der Waals surface area contributed by atoms with E-state index in [1.165, 1.54) is 11.1 Å². The van der Waals surface area contributed by atoms with Crippen LogP contribution in [0.1, 0.15) is 17.7 Å². The summed E-state index contributed by atoms with van der Waals surface area (Å²) in [5, 5.41) is 10.1. The van der Waals surface area contributed by atoms with Crippen molar-refractivity contribution in [2.45, 2.75) is 19.8 Å². The van der Waals surface area contributed by atoms with Crippen molar-refractivity contribution in [2.24, 2.45) is 7.05 Å². The molecule has 5 heteroatoms. The van der Waals surface area contributed by atoms with Gasteiger partial charge in [-0.2, -0.15) is 0 Å². The standard InChI is InChI=1S/C17H22N2O3/c1-12-14(4-6-17(20)21)15-11-13(3-5-16(15)18(12)2)19-7-9-22-10-8-19/h3,5,11H,4,6-10H2,1-2H3,(H,20,21). The van der Waals surface area contributed by atoms with Crippen LogP contribution in [-0.4, -0.2) is 41.9 Å². The highest BCUT2D eigenvalue weighted by molar-refractivity contribution is 5.89. The van der Waals surface area contributed by atoms with E-state index in [1.54, 1.807) is 0 Å². The van der Waals surface area contributed by atoms with Crippen LogP contribution in [0.4, 0.5) is 5.69 Å². The molecule has 0 radical (unpaired) electrons. The van der Waals surface area contributed by atoms with Crippen molar-refractivity contribution < 1.29 is 14.6 Å². The molecule has 1 fully saturated rings. The van der Waals surface area contributed by atoms with Gasteiger partial charge in [-0.3, -0.25) is 4.79 Å². The first-order valence-electron chi connectivity index (χ1n) is 7.70. The Balaban J connectivity index is 2.01. The molecular weight excluding hydrogens is 280 g/mol. The van der Waals surface area contributed by atoms with E-state index in [4.69, 9.17) is 9.84 Å². The fraction of sp³-hybridized carbons (Fsp3) is 0.471. The van der Waals surface area contributed by atoms with Gasteiger partial charge in [0.25, 0.3) is 0 Å². The van der Waals surface area contributed by atoms with Gasteiger partial charge in [-0.15, -0.1) is 0 Å². The van der Waals surface area contributed by atoms with Gasteiger partial charge in [0, 0.05) is 48.8 Å². The van der Waals surface area contributed by atoms with Gasteiger partial charge in [0.15, 0.2) is 0 Å². The van der Waals surface area contributed by atoms with Crippen molar-refractivity contribution in [3.8, 4) is 0 Å². The van der Waals surface area contributed by atoms with Crippen molar-refractivity contribution >= 4 is 22.6 Å². The maximum atomic E-state index is 10.9. The topological polar surface area (TPSA) is 54.7 Å². The molecular formula is C17H22N2O3. The lowest BCUT2D eigenvalue weighted by Crippen LogP contribution is -2.36. The Labute approximate surface area is 130 Å². The molecule has 1 saturated heterocycles. The molecule has 118 valence electrons. The van der Waals surface area contributed by atoms with E-state index in [0.717, 1.165) is 43.1 Å². The van der Waals surface area contributed by atoms with Crippen LogP contribution >= 0.6 is 0 Å². The maximum absolute atomic E-state index is 10.9. The molecule has 1 aromatic carbocycles. The van der Waals surface area contributed by atoms with Crippen molar-refractivity contribution in [3.63, 3.8) is 0 Å². The molecule has 2 aromatic rings. The zero-order chi connectivity index (χ0) is 15.7. The first-order chi connectivity index (χ1) is 10.6. The van der Waals surface area contributed by atoms with Crippen LogP contribution in [0, 0.1) is 6.92 Å². The van der Waals surface area contributed by atoms with Crippen LogP contribution in [0.2, 0.25) is 0 Å². The third-order valence-electron chi connectivity index (χ3n) is 4.57. The number of aliphatic carboxylic acids is 1. The molecule has 2 heterocycles. The molecule has 0 bridgehead atoms. The van der Waals surface area contributed by atoms with Gasteiger partial charge in [-0.1, -0.05) is 0 Å². The first-order valence-corrected chi connectivity index (χ1v) is 7.70. The number of anilines is 1. The number of aromatic nitrogens is 1. The SMILES string of the molecule is Cc1c(CCC(=O)O)c2cc(N3CCOCC3)ccc2n1C. The van der Waals surface area contributed by atoms with Gasteiger partial charge in [0.2, 0.25) is 0 Å². The molecule has 1 N–H and O–H groups in total. The number of carboxylic acids is 1. The Morgan fingerprint density at radius 3 is 2.73 bits per heavy atom. The summed E-state index contributed by atoms with van der Waals surface area (Å²) >= 11 is 0. The lowest BCUT2D eigenvalue weighted by molar-refractivity contribution is -0.136. The highest BCUT2D eigenvalue weighted by Gasteiger charge is 2.16. The quantitative estimate of drug-likeness (QED) is 0.942. The second kappa shape index (κ2) is 6.01. The number of hydrogen-bond donors (Lipinski definition) is 1. The maximum Gasteiger partial charge on any atom is 0.303 e. The summed E-state index contributed by atoms with van der Waals surface area (Å²) in [4.78, 5) is 13.2. The minimum Gasteiger partial charge on any atom is -0.481 e.